The molecule has 1 aromatic heterocycles. The van der Waals surface area contributed by atoms with E-state index in [2.05, 4.69) is 4.98 Å². The van der Waals surface area contributed by atoms with Gasteiger partial charge in [-0.1, -0.05) is 12.1 Å². The van der Waals surface area contributed by atoms with Crippen molar-refractivity contribution in [3.63, 3.8) is 0 Å². The van der Waals surface area contributed by atoms with Crippen molar-refractivity contribution in [2.75, 3.05) is 5.01 Å². The molecule has 0 saturated carbocycles. The predicted octanol–water partition coefficient (Wildman–Crippen LogP) is -0.239. The highest BCUT2D eigenvalue weighted by atomic mass is 15.6. The van der Waals surface area contributed by atoms with Gasteiger partial charge in [-0.25, -0.2) is 9.66 Å². The molecule has 0 aliphatic carbocycles. The van der Waals surface area contributed by atoms with Crippen LogP contribution < -0.4 is 16.5 Å². The Kier molecular flexibility index (Phi) is 2.20. The summed E-state index contributed by atoms with van der Waals surface area (Å²) in [6, 6.07) is 7.32. The van der Waals surface area contributed by atoms with E-state index in [1.165, 1.54) is 11.0 Å². The first kappa shape index (κ1) is 9.97. The van der Waals surface area contributed by atoms with E-state index in [-0.39, 0.29) is 11.9 Å². The van der Waals surface area contributed by atoms with Gasteiger partial charge in [-0.2, -0.15) is 5.01 Å². The van der Waals surface area contributed by atoms with Crippen molar-refractivity contribution >= 4 is 23.0 Å². The second-order valence-corrected chi connectivity index (χ2v) is 3.16. The number of guanidine groups is 2. The van der Waals surface area contributed by atoms with Crippen molar-refractivity contribution in [3.8, 4) is 0 Å². The summed E-state index contributed by atoms with van der Waals surface area (Å²) in [5, 5.41) is 15.8. The molecule has 7 nitrogen and oxygen atoms in total. The summed E-state index contributed by atoms with van der Waals surface area (Å²) in [4.78, 5) is 4.12. The molecule has 6 N–H and O–H groups in total. The van der Waals surface area contributed by atoms with E-state index in [9.17, 15) is 0 Å². The maximum Gasteiger partial charge on any atom is 0.215 e. The Bertz CT molecular complexity index is 542. The molecule has 0 amide bonds. The van der Waals surface area contributed by atoms with E-state index in [0.717, 1.165) is 16.0 Å². The zero-order chi connectivity index (χ0) is 11.7. The Morgan fingerprint density at radius 3 is 2.44 bits per heavy atom. The summed E-state index contributed by atoms with van der Waals surface area (Å²) in [6.45, 7) is 0. The van der Waals surface area contributed by atoms with Gasteiger partial charge in [-0.15, -0.1) is 0 Å². The van der Waals surface area contributed by atoms with Gasteiger partial charge in [0.05, 0.1) is 11.0 Å². The molecule has 7 heteroatoms. The highest BCUT2D eigenvalue weighted by molar-refractivity contribution is 6.08. The standard InChI is InChI=1S/C9H11N7/c10-8(11)16(9(12)13)15-5-14-6-3-1-2-4-7(6)15/h1-5H,(H3,10,11)(H3,12,13). The molecule has 0 aliphatic heterocycles. The molecule has 2 aromatic rings. The van der Waals surface area contributed by atoms with E-state index in [0.29, 0.717) is 0 Å². The van der Waals surface area contributed by atoms with Gasteiger partial charge in [0, 0.05) is 0 Å². The van der Waals surface area contributed by atoms with Crippen LogP contribution in [-0.2, 0) is 0 Å². The maximum absolute atomic E-state index is 7.37. The maximum atomic E-state index is 7.37. The summed E-state index contributed by atoms with van der Waals surface area (Å²) >= 11 is 0. The number of nitrogens with zero attached hydrogens (tertiary/aromatic N) is 3. The fourth-order valence-electron chi connectivity index (χ4n) is 1.47. The average Bonchev–Trinajstić information content (AvgIpc) is 2.61. The Morgan fingerprint density at radius 1 is 1.19 bits per heavy atom. The molecular weight excluding hydrogens is 206 g/mol. The number of imidazole rings is 1. The van der Waals surface area contributed by atoms with Gasteiger partial charge in [0.2, 0.25) is 11.9 Å². The second kappa shape index (κ2) is 3.54. The summed E-state index contributed by atoms with van der Waals surface area (Å²) < 4.78 is 1.46. The van der Waals surface area contributed by atoms with Gasteiger partial charge in [-0.3, -0.25) is 10.8 Å². The number of hydrogen-bond donors (Lipinski definition) is 4. The minimum atomic E-state index is -0.337. The molecule has 0 aliphatic rings. The molecule has 1 heterocycles. The summed E-state index contributed by atoms with van der Waals surface area (Å²) in [5.74, 6) is -0.675. The highest BCUT2D eigenvalue weighted by Gasteiger charge is 2.14. The molecule has 82 valence electrons. The zero-order valence-electron chi connectivity index (χ0n) is 8.38. The average molecular weight is 217 g/mol. The van der Waals surface area contributed by atoms with Crippen LogP contribution in [0.2, 0.25) is 0 Å². The van der Waals surface area contributed by atoms with Gasteiger partial charge in [0.25, 0.3) is 0 Å². The number of nitrogens with two attached hydrogens (primary N) is 2. The highest BCUT2D eigenvalue weighted by Crippen LogP contribution is 2.11. The number of aromatic nitrogens is 2. The van der Waals surface area contributed by atoms with Crippen LogP contribution in [-0.4, -0.2) is 21.6 Å². The topological polar surface area (TPSA) is 121 Å². The first-order valence-electron chi connectivity index (χ1n) is 4.52. The van der Waals surface area contributed by atoms with Crippen LogP contribution in [0.1, 0.15) is 0 Å². The molecule has 1 aromatic carbocycles. The van der Waals surface area contributed by atoms with Crippen LogP contribution in [0.3, 0.4) is 0 Å². The number of nitrogens with one attached hydrogen (secondary N) is 2. The molecule has 0 atom stereocenters. The molecule has 0 radical (unpaired) electrons. The van der Waals surface area contributed by atoms with Crippen LogP contribution in [0.15, 0.2) is 30.6 Å². The number of benzene rings is 1. The van der Waals surface area contributed by atoms with E-state index >= 15 is 0 Å². The number of rotatable bonds is 1. The minimum Gasteiger partial charge on any atom is -0.368 e. The van der Waals surface area contributed by atoms with Crippen molar-refractivity contribution < 1.29 is 0 Å². The molecule has 16 heavy (non-hydrogen) atoms. The zero-order valence-corrected chi connectivity index (χ0v) is 8.38. The SMILES string of the molecule is N=C(N)N(C(=N)N)n1cnc2ccccc21. The summed E-state index contributed by atoms with van der Waals surface area (Å²) in [7, 11) is 0. The van der Waals surface area contributed by atoms with E-state index in [1.807, 2.05) is 18.2 Å². The van der Waals surface area contributed by atoms with Gasteiger partial charge < -0.3 is 11.5 Å². The Labute approximate surface area is 91.3 Å². The Morgan fingerprint density at radius 2 is 1.81 bits per heavy atom. The molecule has 0 unspecified atom stereocenters. The number of fused-ring (bicyclic) bond motifs is 1. The molecule has 0 bridgehead atoms. The first-order chi connectivity index (χ1) is 7.61. The normalized spacial score (nSPS) is 10.2. The van der Waals surface area contributed by atoms with Crippen LogP contribution in [0, 0.1) is 10.8 Å². The molecule has 0 saturated heterocycles. The minimum absolute atomic E-state index is 0.337. The third-order valence-corrected chi connectivity index (χ3v) is 2.11. The largest absolute Gasteiger partial charge is 0.368 e. The predicted molar refractivity (Wildman–Crippen MR) is 61.8 cm³/mol. The van der Waals surface area contributed by atoms with Gasteiger partial charge in [0.15, 0.2) is 0 Å². The van der Waals surface area contributed by atoms with E-state index < -0.39 is 0 Å². The quantitative estimate of drug-likeness (QED) is 0.389. The molecule has 0 fully saturated rings. The van der Waals surface area contributed by atoms with Crippen LogP contribution in [0.4, 0.5) is 0 Å². The van der Waals surface area contributed by atoms with Crippen molar-refractivity contribution in [3.05, 3.63) is 30.6 Å². The van der Waals surface area contributed by atoms with Gasteiger partial charge >= 0.3 is 0 Å². The van der Waals surface area contributed by atoms with Gasteiger partial charge in [-0.05, 0) is 12.1 Å². The third kappa shape index (κ3) is 1.44. The number of hydrogen-bond acceptors (Lipinski definition) is 3. The fourth-order valence-corrected chi connectivity index (χ4v) is 1.47. The fraction of sp³-hybridized carbons (Fsp3) is 0. The van der Waals surface area contributed by atoms with Crippen molar-refractivity contribution in [2.24, 2.45) is 11.5 Å². The van der Waals surface area contributed by atoms with Crippen molar-refractivity contribution in [1.82, 2.24) is 9.66 Å². The molecular formula is C9H11N7. The Balaban J connectivity index is 2.61. The van der Waals surface area contributed by atoms with Crippen LogP contribution in [0.5, 0.6) is 0 Å². The second-order valence-electron chi connectivity index (χ2n) is 3.16. The van der Waals surface area contributed by atoms with Gasteiger partial charge in [0.1, 0.15) is 6.33 Å². The van der Waals surface area contributed by atoms with Crippen LogP contribution >= 0.6 is 0 Å². The van der Waals surface area contributed by atoms with Crippen molar-refractivity contribution in [2.45, 2.75) is 0 Å². The van der Waals surface area contributed by atoms with E-state index in [1.54, 1.807) is 6.07 Å². The molecule has 2 rings (SSSR count). The number of para-hydroxylation sites is 2. The first-order valence-corrected chi connectivity index (χ1v) is 4.52. The molecule has 0 spiro atoms. The lowest BCUT2D eigenvalue weighted by Gasteiger charge is -2.21. The third-order valence-electron chi connectivity index (χ3n) is 2.11. The van der Waals surface area contributed by atoms with E-state index in [4.69, 9.17) is 22.3 Å². The summed E-state index contributed by atoms with van der Waals surface area (Å²) in [6.07, 6.45) is 1.47. The van der Waals surface area contributed by atoms with Crippen molar-refractivity contribution in [1.29, 1.82) is 10.8 Å². The monoisotopic (exact) mass is 217 g/mol. The lowest BCUT2D eigenvalue weighted by Crippen LogP contribution is -2.51. The lowest BCUT2D eigenvalue weighted by molar-refractivity contribution is 0.864. The lowest BCUT2D eigenvalue weighted by atomic mass is 10.3. The Hall–Kier alpha value is -2.57. The summed E-state index contributed by atoms with van der Waals surface area (Å²) in [5.41, 5.74) is 12.2. The smallest absolute Gasteiger partial charge is 0.215 e. The van der Waals surface area contributed by atoms with Crippen LogP contribution in [0.25, 0.3) is 11.0 Å².